The minimum atomic E-state index is 0. The molecule has 0 fully saturated rings. The first-order chi connectivity index (χ1) is 7.78. The van der Waals surface area contributed by atoms with Crippen LogP contribution in [0.1, 0.15) is 0 Å². The SMILES string of the molecule is CNc1ccc(Oc2ccc(Cl)cc2)cc1.Cl. The third kappa shape index (κ3) is 3.84. The molecule has 0 radical (unpaired) electrons. The minimum absolute atomic E-state index is 0. The first-order valence-electron chi connectivity index (χ1n) is 4.99. The molecule has 0 heterocycles. The van der Waals surface area contributed by atoms with Crippen molar-refractivity contribution in [3.63, 3.8) is 0 Å². The quantitative estimate of drug-likeness (QED) is 0.880. The standard InChI is InChI=1S/C13H12ClNO.ClH/c1-15-11-4-8-13(9-5-11)16-12-6-2-10(14)3-7-12;/h2-9,15H,1H3;1H. The first-order valence-corrected chi connectivity index (χ1v) is 5.37. The lowest BCUT2D eigenvalue weighted by Gasteiger charge is -2.06. The van der Waals surface area contributed by atoms with Gasteiger partial charge < -0.3 is 10.1 Å². The summed E-state index contributed by atoms with van der Waals surface area (Å²) in [6.45, 7) is 0. The third-order valence-electron chi connectivity index (χ3n) is 2.19. The Hall–Kier alpha value is -1.38. The molecule has 0 amide bonds. The van der Waals surface area contributed by atoms with Gasteiger partial charge in [0.05, 0.1) is 0 Å². The van der Waals surface area contributed by atoms with E-state index in [4.69, 9.17) is 16.3 Å². The Morgan fingerprint density at radius 1 is 0.882 bits per heavy atom. The molecule has 2 nitrogen and oxygen atoms in total. The molecule has 0 saturated heterocycles. The molecular formula is C13H13Cl2NO. The van der Waals surface area contributed by atoms with Gasteiger partial charge in [0.25, 0.3) is 0 Å². The zero-order valence-corrected chi connectivity index (χ0v) is 10.9. The smallest absolute Gasteiger partial charge is 0.127 e. The highest BCUT2D eigenvalue weighted by Crippen LogP contribution is 2.24. The summed E-state index contributed by atoms with van der Waals surface area (Å²) in [5.41, 5.74) is 1.06. The summed E-state index contributed by atoms with van der Waals surface area (Å²) >= 11 is 5.79. The van der Waals surface area contributed by atoms with Crippen LogP contribution in [0.4, 0.5) is 5.69 Å². The second-order valence-electron chi connectivity index (χ2n) is 3.33. The molecule has 0 bridgehead atoms. The van der Waals surface area contributed by atoms with Crippen LogP contribution >= 0.6 is 24.0 Å². The fourth-order valence-electron chi connectivity index (χ4n) is 1.33. The van der Waals surface area contributed by atoms with Crippen LogP contribution in [0.3, 0.4) is 0 Å². The zero-order valence-electron chi connectivity index (χ0n) is 9.31. The van der Waals surface area contributed by atoms with E-state index in [0.717, 1.165) is 17.2 Å². The Balaban J connectivity index is 0.00000144. The second-order valence-corrected chi connectivity index (χ2v) is 3.77. The van der Waals surface area contributed by atoms with Crippen molar-refractivity contribution >= 4 is 29.7 Å². The van der Waals surface area contributed by atoms with E-state index in [2.05, 4.69) is 5.32 Å². The summed E-state index contributed by atoms with van der Waals surface area (Å²) in [6, 6.07) is 15.1. The topological polar surface area (TPSA) is 21.3 Å². The van der Waals surface area contributed by atoms with Gasteiger partial charge in [0.2, 0.25) is 0 Å². The van der Waals surface area contributed by atoms with Crippen LogP contribution in [-0.4, -0.2) is 7.05 Å². The molecule has 0 unspecified atom stereocenters. The summed E-state index contributed by atoms with van der Waals surface area (Å²) in [4.78, 5) is 0. The molecule has 2 aromatic rings. The van der Waals surface area contributed by atoms with Crippen molar-refractivity contribution in [3.05, 3.63) is 53.6 Å². The average molecular weight is 270 g/mol. The van der Waals surface area contributed by atoms with Gasteiger partial charge in [0, 0.05) is 17.8 Å². The lowest BCUT2D eigenvalue weighted by atomic mass is 10.3. The molecular weight excluding hydrogens is 257 g/mol. The molecule has 4 heteroatoms. The maximum Gasteiger partial charge on any atom is 0.127 e. The van der Waals surface area contributed by atoms with Crippen molar-refractivity contribution < 1.29 is 4.74 Å². The number of rotatable bonds is 3. The van der Waals surface area contributed by atoms with Crippen LogP contribution < -0.4 is 10.1 Å². The zero-order chi connectivity index (χ0) is 11.4. The maximum atomic E-state index is 5.79. The predicted molar refractivity (Wildman–Crippen MR) is 74.8 cm³/mol. The van der Waals surface area contributed by atoms with Crippen LogP contribution in [0.2, 0.25) is 5.02 Å². The molecule has 90 valence electrons. The van der Waals surface area contributed by atoms with Crippen LogP contribution in [0, 0.1) is 0 Å². The van der Waals surface area contributed by atoms with Gasteiger partial charge in [-0.1, -0.05) is 11.6 Å². The van der Waals surface area contributed by atoms with Gasteiger partial charge in [-0.25, -0.2) is 0 Å². The lowest BCUT2D eigenvalue weighted by Crippen LogP contribution is -1.88. The van der Waals surface area contributed by atoms with E-state index in [0.29, 0.717) is 5.02 Å². The highest BCUT2D eigenvalue weighted by Gasteiger charge is 1.97. The van der Waals surface area contributed by atoms with Gasteiger partial charge in [-0.2, -0.15) is 0 Å². The normalized spacial score (nSPS) is 9.29. The Morgan fingerprint density at radius 3 is 1.82 bits per heavy atom. The highest BCUT2D eigenvalue weighted by molar-refractivity contribution is 6.30. The van der Waals surface area contributed by atoms with Gasteiger partial charge >= 0.3 is 0 Å². The molecule has 0 spiro atoms. The van der Waals surface area contributed by atoms with E-state index in [9.17, 15) is 0 Å². The van der Waals surface area contributed by atoms with Crippen molar-refractivity contribution in [2.75, 3.05) is 12.4 Å². The number of hydrogen-bond donors (Lipinski definition) is 1. The van der Waals surface area contributed by atoms with Gasteiger partial charge in [-0.05, 0) is 48.5 Å². The molecule has 0 aliphatic carbocycles. The summed E-state index contributed by atoms with van der Waals surface area (Å²) in [7, 11) is 1.88. The molecule has 0 aliphatic rings. The second kappa shape index (κ2) is 6.38. The molecule has 0 saturated carbocycles. The Morgan fingerprint density at radius 2 is 1.35 bits per heavy atom. The maximum absolute atomic E-state index is 5.79. The molecule has 0 aromatic heterocycles. The molecule has 1 N–H and O–H groups in total. The van der Waals surface area contributed by atoms with Gasteiger partial charge in [0.1, 0.15) is 11.5 Å². The fourth-order valence-corrected chi connectivity index (χ4v) is 1.45. The number of nitrogens with one attached hydrogen (secondary N) is 1. The van der Waals surface area contributed by atoms with E-state index in [1.807, 2.05) is 43.4 Å². The van der Waals surface area contributed by atoms with Crippen LogP contribution in [0.15, 0.2) is 48.5 Å². The van der Waals surface area contributed by atoms with E-state index in [1.54, 1.807) is 12.1 Å². The monoisotopic (exact) mass is 269 g/mol. The number of hydrogen-bond acceptors (Lipinski definition) is 2. The van der Waals surface area contributed by atoms with Crippen molar-refractivity contribution in [1.82, 2.24) is 0 Å². The Kier molecular flexibility index (Phi) is 5.13. The van der Waals surface area contributed by atoms with Gasteiger partial charge in [-0.3, -0.25) is 0 Å². The van der Waals surface area contributed by atoms with E-state index < -0.39 is 0 Å². The summed E-state index contributed by atoms with van der Waals surface area (Å²) in [5, 5.41) is 3.76. The summed E-state index contributed by atoms with van der Waals surface area (Å²) < 4.78 is 5.65. The largest absolute Gasteiger partial charge is 0.457 e. The minimum Gasteiger partial charge on any atom is -0.457 e. The van der Waals surface area contributed by atoms with Gasteiger partial charge in [0.15, 0.2) is 0 Å². The van der Waals surface area contributed by atoms with Crippen molar-refractivity contribution in [2.24, 2.45) is 0 Å². The summed E-state index contributed by atoms with van der Waals surface area (Å²) in [6.07, 6.45) is 0. The molecule has 0 aliphatic heterocycles. The van der Waals surface area contributed by atoms with Crippen molar-refractivity contribution in [2.45, 2.75) is 0 Å². The van der Waals surface area contributed by atoms with Crippen LogP contribution in [-0.2, 0) is 0 Å². The average Bonchev–Trinajstić information content (AvgIpc) is 2.33. The third-order valence-corrected chi connectivity index (χ3v) is 2.44. The van der Waals surface area contributed by atoms with E-state index in [1.165, 1.54) is 0 Å². The Labute approximate surface area is 112 Å². The highest BCUT2D eigenvalue weighted by atomic mass is 35.5. The van der Waals surface area contributed by atoms with Gasteiger partial charge in [-0.15, -0.1) is 12.4 Å². The van der Waals surface area contributed by atoms with Crippen molar-refractivity contribution in [1.29, 1.82) is 0 Å². The van der Waals surface area contributed by atoms with E-state index in [-0.39, 0.29) is 12.4 Å². The van der Waals surface area contributed by atoms with Crippen LogP contribution in [0.5, 0.6) is 11.5 Å². The van der Waals surface area contributed by atoms with E-state index >= 15 is 0 Å². The number of anilines is 1. The van der Waals surface area contributed by atoms with Crippen LogP contribution in [0.25, 0.3) is 0 Å². The first kappa shape index (κ1) is 13.7. The lowest BCUT2D eigenvalue weighted by molar-refractivity contribution is 0.483. The Bertz CT molecular complexity index is 454. The summed E-state index contributed by atoms with van der Waals surface area (Å²) in [5.74, 6) is 1.59. The molecule has 2 rings (SSSR count). The number of benzene rings is 2. The molecule has 17 heavy (non-hydrogen) atoms. The van der Waals surface area contributed by atoms with Crippen molar-refractivity contribution in [3.8, 4) is 11.5 Å². The number of halogens is 2. The predicted octanol–water partition coefficient (Wildman–Crippen LogP) is 4.60. The fraction of sp³-hybridized carbons (Fsp3) is 0.0769. The molecule has 2 aromatic carbocycles. The number of ether oxygens (including phenoxy) is 1. The molecule has 0 atom stereocenters.